The Hall–Kier alpha value is -0.810. The van der Waals surface area contributed by atoms with Crippen molar-refractivity contribution in [3.63, 3.8) is 0 Å². The van der Waals surface area contributed by atoms with E-state index < -0.39 is 0 Å². The highest BCUT2D eigenvalue weighted by atomic mass is 15.1. The lowest BCUT2D eigenvalue weighted by Crippen LogP contribution is -2.35. The molecule has 0 spiro atoms. The maximum Gasteiger partial charge on any atom is 0.155 e. The van der Waals surface area contributed by atoms with E-state index in [2.05, 4.69) is 9.74 Å². The van der Waals surface area contributed by atoms with Gasteiger partial charge >= 0.3 is 0 Å². The zero-order chi connectivity index (χ0) is 5.98. The van der Waals surface area contributed by atoms with Crippen LogP contribution in [-0.4, -0.2) is 25.0 Å². The van der Waals surface area contributed by atoms with Gasteiger partial charge in [-0.25, -0.2) is 4.85 Å². The normalized spacial score (nSPS) is 19.2. The molecule has 1 aliphatic heterocycles. The van der Waals surface area contributed by atoms with E-state index in [1.165, 1.54) is 5.57 Å². The Balaban J connectivity index is 2.37. The van der Waals surface area contributed by atoms with Crippen molar-refractivity contribution in [2.75, 3.05) is 20.1 Å². The summed E-state index contributed by atoms with van der Waals surface area (Å²) >= 11 is 0. The zero-order valence-corrected chi connectivity index (χ0v) is 4.89. The van der Waals surface area contributed by atoms with Gasteiger partial charge in [0.25, 0.3) is 0 Å². The lowest BCUT2D eigenvalue weighted by atomic mass is 10.1. The fraction of sp³-hybridized carbons (Fsp3) is 0.500. The first-order valence-electron chi connectivity index (χ1n) is 2.56. The van der Waals surface area contributed by atoms with E-state index in [9.17, 15) is 0 Å². The topological polar surface area (TPSA) is 7.60 Å². The van der Waals surface area contributed by atoms with Crippen molar-refractivity contribution in [3.05, 3.63) is 23.2 Å². The number of nitrogens with zero attached hydrogens (tertiary/aromatic N) is 2. The van der Waals surface area contributed by atoms with Crippen LogP contribution >= 0.6 is 0 Å². The van der Waals surface area contributed by atoms with Gasteiger partial charge in [0.05, 0.1) is 6.57 Å². The Morgan fingerprint density at radius 3 is 2.75 bits per heavy atom. The minimum Gasteiger partial charge on any atom is -0.301 e. The summed E-state index contributed by atoms with van der Waals surface area (Å²) < 4.78 is 0. The van der Waals surface area contributed by atoms with Crippen molar-refractivity contribution in [3.8, 4) is 0 Å². The molecule has 1 rings (SSSR count). The molecule has 0 N–H and O–H groups in total. The molecule has 2 heteroatoms. The van der Waals surface area contributed by atoms with Gasteiger partial charge in [-0.3, -0.25) is 0 Å². The molecule has 0 bridgehead atoms. The highest BCUT2D eigenvalue weighted by molar-refractivity contribution is 5.16. The predicted octanol–water partition coefficient (Wildman–Crippen LogP) is 0.735. The Morgan fingerprint density at radius 2 is 2.38 bits per heavy atom. The highest BCUT2D eigenvalue weighted by Gasteiger charge is 2.13. The molecular formula is C6H8N2. The van der Waals surface area contributed by atoms with Gasteiger partial charge in [0.15, 0.2) is 6.20 Å². The van der Waals surface area contributed by atoms with E-state index in [1.807, 2.05) is 7.05 Å². The predicted molar refractivity (Wildman–Crippen MR) is 32.2 cm³/mol. The van der Waals surface area contributed by atoms with Crippen molar-refractivity contribution >= 4 is 0 Å². The maximum atomic E-state index is 6.47. The minimum absolute atomic E-state index is 0.988. The molecule has 1 aliphatic rings. The van der Waals surface area contributed by atoms with E-state index >= 15 is 0 Å². The molecule has 0 amide bonds. The van der Waals surface area contributed by atoms with E-state index in [-0.39, 0.29) is 0 Å². The molecule has 0 aromatic heterocycles. The third kappa shape index (κ3) is 0.877. The summed E-state index contributed by atoms with van der Waals surface area (Å²) in [6.45, 7) is 8.44. The maximum absolute atomic E-state index is 6.47. The van der Waals surface area contributed by atoms with Gasteiger partial charge < -0.3 is 4.90 Å². The number of rotatable bonds is 0. The Morgan fingerprint density at radius 1 is 1.75 bits per heavy atom. The fourth-order valence-corrected chi connectivity index (χ4v) is 0.820. The van der Waals surface area contributed by atoms with E-state index in [0.29, 0.717) is 0 Å². The van der Waals surface area contributed by atoms with E-state index in [1.54, 1.807) is 6.20 Å². The summed E-state index contributed by atoms with van der Waals surface area (Å²) in [7, 11) is 2.04. The van der Waals surface area contributed by atoms with Gasteiger partial charge in [-0.05, 0) is 12.6 Å². The number of likely N-dealkylation sites (N-methyl/N-ethyl adjacent to an activating group) is 1. The lowest BCUT2D eigenvalue weighted by Gasteiger charge is -2.29. The van der Waals surface area contributed by atoms with Gasteiger partial charge in [-0.2, -0.15) is 0 Å². The standard InChI is InChI=1S/C6H8N2/c1-7-3-6-4-8(2)5-6/h3H,4-5H2,2H3. The second kappa shape index (κ2) is 1.97. The average molecular weight is 108 g/mol. The van der Waals surface area contributed by atoms with E-state index in [4.69, 9.17) is 6.57 Å². The molecular weight excluding hydrogens is 100 g/mol. The van der Waals surface area contributed by atoms with Gasteiger partial charge in [-0.1, -0.05) is 0 Å². The molecule has 2 nitrogen and oxygen atoms in total. The third-order valence-electron chi connectivity index (χ3n) is 1.19. The second-order valence-corrected chi connectivity index (χ2v) is 2.09. The van der Waals surface area contributed by atoms with Crippen LogP contribution in [0.1, 0.15) is 0 Å². The van der Waals surface area contributed by atoms with Crippen molar-refractivity contribution in [1.82, 2.24) is 4.90 Å². The summed E-state index contributed by atoms with van der Waals surface area (Å²) in [5.41, 5.74) is 1.25. The molecule has 1 saturated heterocycles. The Bertz CT molecular complexity index is 144. The molecule has 1 heterocycles. The van der Waals surface area contributed by atoms with Gasteiger partial charge in [0, 0.05) is 13.1 Å². The lowest BCUT2D eigenvalue weighted by molar-refractivity contribution is 0.310. The SMILES string of the molecule is [C-]#[N+]C=C1CN(C)C1. The van der Waals surface area contributed by atoms with Crippen LogP contribution in [0, 0.1) is 6.57 Å². The molecule has 0 aromatic rings. The molecule has 0 atom stereocenters. The number of hydrogen-bond donors (Lipinski definition) is 0. The summed E-state index contributed by atoms with van der Waals surface area (Å²) in [5, 5.41) is 0. The molecule has 1 fully saturated rings. The smallest absolute Gasteiger partial charge is 0.155 e. The largest absolute Gasteiger partial charge is 0.301 e. The van der Waals surface area contributed by atoms with Crippen LogP contribution in [0.25, 0.3) is 4.85 Å². The summed E-state index contributed by atoms with van der Waals surface area (Å²) in [5.74, 6) is 0. The molecule has 0 unspecified atom stereocenters. The molecule has 0 aliphatic carbocycles. The first kappa shape index (κ1) is 5.33. The summed E-state index contributed by atoms with van der Waals surface area (Å²) in [6, 6.07) is 0. The molecule has 42 valence electrons. The van der Waals surface area contributed by atoms with E-state index in [0.717, 1.165) is 13.1 Å². The first-order valence-corrected chi connectivity index (χ1v) is 2.56. The Labute approximate surface area is 49.2 Å². The van der Waals surface area contributed by atoms with Crippen LogP contribution in [0.4, 0.5) is 0 Å². The average Bonchev–Trinajstić information content (AvgIpc) is 1.64. The van der Waals surface area contributed by atoms with Crippen LogP contribution in [0.3, 0.4) is 0 Å². The molecule has 0 aromatic carbocycles. The zero-order valence-electron chi connectivity index (χ0n) is 4.89. The molecule has 0 saturated carbocycles. The second-order valence-electron chi connectivity index (χ2n) is 2.09. The van der Waals surface area contributed by atoms with Gasteiger partial charge in [0.1, 0.15) is 0 Å². The highest BCUT2D eigenvalue weighted by Crippen LogP contribution is 2.09. The van der Waals surface area contributed by atoms with Crippen LogP contribution in [-0.2, 0) is 0 Å². The fourth-order valence-electron chi connectivity index (χ4n) is 0.820. The first-order chi connectivity index (χ1) is 3.83. The molecule has 8 heavy (non-hydrogen) atoms. The quantitative estimate of drug-likeness (QED) is 0.415. The van der Waals surface area contributed by atoms with Crippen molar-refractivity contribution in [1.29, 1.82) is 0 Å². The minimum atomic E-state index is 0.988. The summed E-state index contributed by atoms with van der Waals surface area (Å²) in [4.78, 5) is 5.32. The van der Waals surface area contributed by atoms with Crippen LogP contribution < -0.4 is 0 Å². The van der Waals surface area contributed by atoms with Gasteiger partial charge in [-0.15, -0.1) is 0 Å². The van der Waals surface area contributed by atoms with Crippen LogP contribution in [0.5, 0.6) is 0 Å². The van der Waals surface area contributed by atoms with Gasteiger partial charge in [0.2, 0.25) is 0 Å². The number of likely N-dealkylation sites (tertiary alicyclic amines) is 1. The number of hydrogen-bond acceptors (Lipinski definition) is 1. The molecule has 0 radical (unpaired) electrons. The van der Waals surface area contributed by atoms with Crippen LogP contribution in [0.2, 0.25) is 0 Å². The van der Waals surface area contributed by atoms with Crippen LogP contribution in [0.15, 0.2) is 11.8 Å². The summed E-state index contributed by atoms with van der Waals surface area (Å²) in [6.07, 6.45) is 1.61. The van der Waals surface area contributed by atoms with Crippen molar-refractivity contribution in [2.24, 2.45) is 0 Å². The van der Waals surface area contributed by atoms with Crippen molar-refractivity contribution in [2.45, 2.75) is 0 Å². The third-order valence-corrected chi connectivity index (χ3v) is 1.19. The van der Waals surface area contributed by atoms with Crippen molar-refractivity contribution < 1.29 is 0 Å². The monoisotopic (exact) mass is 108 g/mol. The Kier molecular flexibility index (Phi) is 1.32.